The summed E-state index contributed by atoms with van der Waals surface area (Å²) < 4.78 is 0. The normalized spacial score (nSPS) is 10.9. The summed E-state index contributed by atoms with van der Waals surface area (Å²) in [6.07, 6.45) is 4.66. The second kappa shape index (κ2) is 2.66. The van der Waals surface area contributed by atoms with Gasteiger partial charge in [0.2, 0.25) is 0 Å². The van der Waals surface area contributed by atoms with Crippen molar-refractivity contribution >= 4 is 22.1 Å². The molecule has 0 aliphatic heterocycles. The maximum absolute atomic E-state index is 4.22. The Morgan fingerprint density at radius 2 is 1.64 bits per heavy atom. The minimum absolute atomic E-state index is 0.725. The van der Waals surface area contributed by atoms with Crippen LogP contribution in [0.15, 0.2) is 30.9 Å². The number of benzene rings is 1. The van der Waals surface area contributed by atoms with E-state index in [4.69, 9.17) is 0 Å². The smallest absolute Gasteiger partial charge is 0.118 e. The summed E-state index contributed by atoms with van der Waals surface area (Å²) >= 11 is 0. The van der Waals surface area contributed by atoms with E-state index in [1.807, 2.05) is 12.1 Å². The Hall–Kier alpha value is -2.17. The molecule has 0 N–H and O–H groups in total. The molecule has 3 aromatic rings. The SMILES string of the molecule is c1cnc2c(ccc3ncnc32)nn1. The van der Waals surface area contributed by atoms with E-state index < -0.39 is 0 Å². The molecule has 5 heteroatoms. The molecule has 0 bridgehead atoms. The lowest BCUT2D eigenvalue weighted by Gasteiger charge is -1.89. The summed E-state index contributed by atoms with van der Waals surface area (Å²) in [5.41, 5.74) is 3.06. The first-order valence-corrected chi connectivity index (χ1v) is 4.12. The van der Waals surface area contributed by atoms with Crippen LogP contribution in [0.5, 0.6) is 0 Å². The topological polar surface area (TPSA) is 64.5 Å². The molecule has 2 aromatic heterocycles. The lowest BCUT2D eigenvalue weighted by atomic mass is 10.2. The molecule has 0 saturated carbocycles. The summed E-state index contributed by atoms with van der Waals surface area (Å²) in [5, 5.41) is 7.80. The van der Waals surface area contributed by atoms with E-state index in [-0.39, 0.29) is 0 Å². The van der Waals surface area contributed by atoms with Crippen LogP contribution in [0.3, 0.4) is 0 Å². The number of fused-ring (bicyclic) bond motifs is 3. The van der Waals surface area contributed by atoms with Crippen molar-refractivity contribution in [3.63, 3.8) is 0 Å². The van der Waals surface area contributed by atoms with E-state index in [0.29, 0.717) is 0 Å². The monoisotopic (exact) mass is 183 g/mol. The molecule has 0 atom stereocenters. The van der Waals surface area contributed by atoms with Gasteiger partial charge in [0.25, 0.3) is 0 Å². The number of aromatic nitrogens is 5. The van der Waals surface area contributed by atoms with Crippen LogP contribution in [0, 0.1) is 0 Å². The third-order valence-corrected chi connectivity index (χ3v) is 1.99. The minimum Gasteiger partial charge on any atom is -0.250 e. The molecule has 0 fully saturated rings. The molecular formula is C9H5N5. The van der Waals surface area contributed by atoms with Gasteiger partial charge in [-0.15, -0.1) is 5.10 Å². The first kappa shape index (κ1) is 7.25. The minimum atomic E-state index is 0.725. The number of hydrogen-bond donors (Lipinski definition) is 0. The summed E-state index contributed by atoms with van der Waals surface area (Å²) in [5.74, 6) is 0. The number of nitrogens with zero attached hydrogens (tertiary/aromatic N) is 5. The fraction of sp³-hybridized carbons (Fsp3) is 0. The van der Waals surface area contributed by atoms with E-state index in [1.54, 1.807) is 12.4 Å². The molecule has 2 heterocycles. The van der Waals surface area contributed by atoms with Crippen LogP contribution in [0.25, 0.3) is 22.1 Å². The van der Waals surface area contributed by atoms with Crippen molar-refractivity contribution in [3.8, 4) is 0 Å². The Labute approximate surface area is 78.9 Å². The van der Waals surface area contributed by atoms with Gasteiger partial charge in [-0.1, -0.05) is 0 Å². The van der Waals surface area contributed by atoms with Crippen molar-refractivity contribution in [1.29, 1.82) is 0 Å². The zero-order valence-electron chi connectivity index (χ0n) is 7.12. The van der Waals surface area contributed by atoms with Crippen LogP contribution >= 0.6 is 0 Å². The van der Waals surface area contributed by atoms with Crippen molar-refractivity contribution < 1.29 is 0 Å². The molecule has 66 valence electrons. The van der Waals surface area contributed by atoms with Gasteiger partial charge in [-0.05, 0) is 12.1 Å². The van der Waals surface area contributed by atoms with Crippen LogP contribution in [0.1, 0.15) is 0 Å². The Balaban J connectivity index is 2.64. The fourth-order valence-electron chi connectivity index (χ4n) is 1.38. The standard InChI is InChI=1S/C9H5N5/c1-2-7-9(10-3-4-13-14-7)8-6(1)11-5-12-8/h1-5H. The molecule has 0 unspecified atom stereocenters. The van der Waals surface area contributed by atoms with E-state index in [1.165, 1.54) is 6.33 Å². The number of rotatable bonds is 0. The van der Waals surface area contributed by atoms with E-state index >= 15 is 0 Å². The van der Waals surface area contributed by atoms with Gasteiger partial charge in [-0.2, -0.15) is 5.10 Å². The van der Waals surface area contributed by atoms with Crippen molar-refractivity contribution in [3.05, 3.63) is 30.9 Å². The van der Waals surface area contributed by atoms with E-state index in [9.17, 15) is 0 Å². The van der Waals surface area contributed by atoms with Crippen LogP contribution in [-0.4, -0.2) is 25.1 Å². The summed E-state index contributed by atoms with van der Waals surface area (Å²) in [7, 11) is 0. The average molecular weight is 183 g/mol. The molecule has 0 saturated heterocycles. The first-order valence-electron chi connectivity index (χ1n) is 4.12. The lowest BCUT2D eigenvalue weighted by molar-refractivity contribution is 1.09. The highest BCUT2D eigenvalue weighted by Gasteiger charge is 2.03. The van der Waals surface area contributed by atoms with Crippen molar-refractivity contribution in [1.82, 2.24) is 25.1 Å². The Bertz CT molecular complexity index is 607. The van der Waals surface area contributed by atoms with Gasteiger partial charge in [0, 0.05) is 6.20 Å². The molecule has 1 aromatic carbocycles. The molecule has 0 radical (unpaired) electrons. The molecule has 0 amide bonds. The van der Waals surface area contributed by atoms with E-state index in [2.05, 4.69) is 25.1 Å². The quantitative estimate of drug-likeness (QED) is 0.519. The predicted molar refractivity (Wildman–Crippen MR) is 50.4 cm³/mol. The second-order valence-electron chi connectivity index (χ2n) is 2.82. The lowest BCUT2D eigenvalue weighted by Crippen LogP contribution is -1.79. The number of hydrogen-bond acceptors (Lipinski definition) is 5. The van der Waals surface area contributed by atoms with Gasteiger partial charge < -0.3 is 0 Å². The molecule has 0 aliphatic rings. The van der Waals surface area contributed by atoms with E-state index in [0.717, 1.165) is 22.1 Å². The summed E-state index contributed by atoms with van der Waals surface area (Å²) in [6, 6.07) is 3.70. The molecule has 3 rings (SSSR count). The van der Waals surface area contributed by atoms with Gasteiger partial charge in [0.05, 0.1) is 11.7 Å². The van der Waals surface area contributed by atoms with Gasteiger partial charge >= 0.3 is 0 Å². The number of imidazole rings is 1. The maximum atomic E-state index is 4.22. The summed E-state index contributed by atoms with van der Waals surface area (Å²) in [6.45, 7) is 0. The molecule has 5 nitrogen and oxygen atoms in total. The molecule has 0 aliphatic carbocycles. The van der Waals surface area contributed by atoms with Crippen molar-refractivity contribution in [2.75, 3.05) is 0 Å². The van der Waals surface area contributed by atoms with Crippen LogP contribution in [-0.2, 0) is 0 Å². The van der Waals surface area contributed by atoms with Gasteiger partial charge in [0.1, 0.15) is 22.9 Å². The Morgan fingerprint density at radius 1 is 0.786 bits per heavy atom. The van der Waals surface area contributed by atoms with Gasteiger partial charge in [0.15, 0.2) is 0 Å². The Morgan fingerprint density at radius 3 is 2.64 bits per heavy atom. The third-order valence-electron chi connectivity index (χ3n) is 1.99. The highest BCUT2D eigenvalue weighted by Crippen LogP contribution is 2.17. The highest BCUT2D eigenvalue weighted by molar-refractivity contribution is 5.99. The van der Waals surface area contributed by atoms with Gasteiger partial charge in [-0.25, -0.2) is 9.97 Å². The second-order valence-corrected chi connectivity index (χ2v) is 2.82. The van der Waals surface area contributed by atoms with Crippen molar-refractivity contribution in [2.45, 2.75) is 0 Å². The van der Waals surface area contributed by atoms with Crippen LogP contribution in [0.4, 0.5) is 0 Å². The maximum Gasteiger partial charge on any atom is 0.118 e. The first-order chi connectivity index (χ1) is 6.95. The zero-order chi connectivity index (χ0) is 9.38. The highest BCUT2D eigenvalue weighted by atomic mass is 15.1. The average Bonchev–Trinajstić information content (AvgIpc) is 2.55. The van der Waals surface area contributed by atoms with Crippen LogP contribution in [0.2, 0.25) is 0 Å². The molecule has 14 heavy (non-hydrogen) atoms. The van der Waals surface area contributed by atoms with Gasteiger partial charge in [-0.3, -0.25) is 4.98 Å². The fourth-order valence-corrected chi connectivity index (χ4v) is 1.38. The summed E-state index contributed by atoms with van der Waals surface area (Å²) in [4.78, 5) is 12.4. The zero-order valence-corrected chi connectivity index (χ0v) is 7.12. The Kier molecular flexibility index (Phi) is 1.38. The predicted octanol–water partition coefficient (Wildman–Crippen LogP) is 0.968. The molecule has 0 spiro atoms. The van der Waals surface area contributed by atoms with Crippen LogP contribution < -0.4 is 0 Å². The van der Waals surface area contributed by atoms with Crippen molar-refractivity contribution in [2.24, 2.45) is 0 Å². The largest absolute Gasteiger partial charge is 0.250 e. The molecular weight excluding hydrogens is 178 g/mol. The third kappa shape index (κ3) is 0.922.